The lowest BCUT2D eigenvalue weighted by Gasteiger charge is -2.40. The number of carbonyl (C=O) groups is 3. The Labute approximate surface area is 180 Å². The van der Waals surface area contributed by atoms with Crippen LogP contribution in [0.15, 0.2) is 28.7 Å². The number of carbonyl (C=O) groups excluding carboxylic acids is 3. The molecule has 1 aromatic carbocycles. The van der Waals surface area contributed by atoms with E-state index in [-0.39, 0.29) is 23.6 Å². The molecule has 1 aromatic rings. The van der Waals surface area contributed by atoms with Gasteiger partial charge in [-0.05, 0) is 44.5 Å². The zero-order valence-corrected chi connectivity index (χ0v) is 19.3. The Hall–Kier alpha value is -1.95. The maximum Gasteiger partial charge on any atom is 0.236 e. The quantitative estimate of drug-likeness (QED) is 0.595. The lowest BCUT2D eigenvalue weighted by molar-refractivity contribution is -0.146. The molecule has 3 aliphatic heterocycles. The molecule has 0 N–H and O–H groups in total. The first-order valence-corrected chi connectivity index (χ1v) is 10.8. The molecule has 154 valence electrons. The molecule has 2 fully saturated rings. The van der Waals surface area contributed by atoms with Crippen LogP contribution in [0.2, 0.25) is 0 Å². The zero-order valence-electron chi connectivity index (χ0n) is 17.7. The normalized spacial score (nSPS) is 28.5. The SMILES string of the molecule is CC(C)(C)C(=O)[C@@H]1[C@@H]2C(=O)N(C(C)(C)C)C(=O)[C@@H]2[C@H]2C=Cc3cc(Br)ccc3N21. The van der Waals surface area contributed by atoms with Gasteiger partial charge in [0.1, 0.15) is 6.04 Å². The highest BCUT2D eigenvalue weighted by atomic mass is 79.9. The average Bonchev–Trinajstić information content (AvgIpc) is 3.06. The summed E-state index contributed by atoms with van der Waals surface area (Å²) in [7, 11) is 0. The van der Waals surface area contributed by atoms with Crippen LogP contribution in [0.3, 0.4) is 0 Å². The van der Waals surface area contributed by atoms with Gasteiger partial charge < -0.3 is 4.90 Å². The highest BCUT2D eigenvalue weighted by Crippen LogP contribution is 2.51. The van der Waals surface area contributed by atoms with Crippen molar-refractivity contribution in [3.63, 3.8) is 0 Å². The van der Waals surface area contributed by atoms with Gasteiger partial charge in [0.25, 0.3) is 0 Å². The third-order valence-electron chi connectivity index (χ3n) is 6.15. The van der Waals surface area contributed by atoms with Crippen molar-refractivity contribution in [2.24, 2.45) is 17.3 Å². The predicted octanol–water partition coefficient (Wildman–Crippen LogP) is 4.05. The molecule has 0 saturated carbocycles. The summed E-state index contributed by atoms with van der Waals surface area (Å²) >= 11 is 3.50. The third-order valence-corrected chi connectivity index (χ3v) is 6.64. The van der Waals surface area contributed by atoms with Gasteiger partial charge in [0, 0.05) is 21.1 Å². The number of nitrogens with zero attached hydrogens (tertiary/aromatic N) is 2. The molecule has 0 aromatic heterocycles. The van der Waals surface area contributed by atoms with Crippen molar-refractivity contribution in [3.8, 4) is 0 Å². The third kappa shape index (κ3) is 2.90. The summed E-state index contributed by atoms with van der Waals surface area (Å²) < 4.78 is 0.948. The Morgan fingerprint density at radius 2 is 1.62 bits per heavy atom. The summed E-state index contributed by atoms with van der Waals surface area (Å²) in [4.78, 5) is 43.9. The second-order valence-corrected chi connectivity index (χ2v) is 11.2. The maximum absolute atomic E-state index is 13.6. The number of fused-ring (bicyclic) bond motifs is 5. The molecule has 4 atom stereocenters. The molecule has 5 nitrogen and oxygen atoms in total. The molecule has 0 spiro atoms. The van der Waals surface area contributed by atoms with Gasteiger partial charge >= 0.3 is 0 Å². The van der Waals surface area contributed by atoms with Crippen LogP contribution >= 0.6 is 15.9 Å². The standard InChI is InChI=1S/C23H27BrN2O3/c1-22(2,3)19(27)18-17-16(20(28)26(21(17)29)23(4,5)6)15-9-7-12-11-13(24)8-10-14(12)25(15)18/h7-11,15-18H,1-6H3/t15-,16-,17-,18+/m1/s1. The fourth-order valence-corrected chi connectivity index (χ4v) is 5.33. The Balaban J connectivity index is 1.90. The molecule has 2 amide bonds. The van der Waals surface area contributed by atoms with E-state index in [1.165, 1.54) is 4.90 Å². The van der Waals surface area contributed by atoms with Gasteiger partial charge in [0.15, 0.2) is 5.78 Å². The Kier molecular flexibility index (Phi) is 4.40. The molecule has 29 heavy (non-hydrogen) atoms. The summed E-state index contributed by atoms with van der Waals surface area (Å²) in [5.74, 6) is -1.59. The minimum Gasteiger partial charge on any atom is -0.353 e. The minimum absolute atomic E-state index is 0.00363. The van der Waals surface area contributed by atoms with Crippen molar-refractivity contribution >= 4 is 45.3 Å². The van der Waals surface area contributed by atoms with Gasteiger partial charge in [-0.1, -0.05) is 48.9 Å². The maximum atomic E-state index is 13.6. The number of anilines is 1. The fourth-order valence-electron chi connectivity index (χ4n) is 4.95. The Bertz CT molecular complexity index is 954. The molecular weight excluding hydrogens is 432 g/mol. The summed E-state index contributed by atoms with van der Waals surface area (Å²) in [6.07, 6.45) is 3.99. The van der Waals surface area contributed by atoms with E-state index in [2.05, 4.69) is 15.9 Å². The highest BCUT2D eigenvalue weighted by Gasteiger charge is 2.65. The summed E-state index contributed by atoms with van der Waals surface area (Å²) in [5.41, 5.74) is 0.648. The average molecular weight is 459 g/mol. The van der Waals surface area contributed by atoms with Crippen molar-refractivity contribution in [2.75, 3.05) is 4.90 Å². The van der Waals surface area contributed by atoms with Crippen LogP contribution in [-0.2, 0) is 14.4 Å². The molecule has 0 unspecified atom stereocenters. The molecule has 0 aliphatic carbocycles. The van der Waals surface area contributed by atoms with E-state index in [9.17, 15) is 14.4 Å². The number of benzene rings is 1. The second kappa shape index (κ2) is 6.27. The van der Waals surface area contributed by atoms with E-state index < -0.39 is 28.8 Å². The first kappa shape index (κ1) is 20.3. The van der Waals surface area contributed by atoms with Gasteiger partial charge in [-0.3, -0.25) is 19.3 Å². The molecule has 3 heterocycles. The van der Waals surface area contributed by atoms with Gasteiger partial charge in [-0.15, -0.1) is 0 Å². The fraction of sp³-hybridized carbons (Fsp3) is 0.522. The van der Waals surface area contributed by atoms with E-state index in [0.717, 1.165) is 15.7 Å². The van der Waals surface area contributed by atoms with Crippen LogP contribution in [0.4, 0.5) is 5.69 Å². The molecule has 3 aliphatic rings. The van der Waals surface area contributed by atoms with E-state index in [1.807, 2.05) is 76.8 Å². The molecule has 6 heteroatoms. The monoisotopic (exact) mass is 458 g/mol. The zero-order chi connectivity index (χ0) is 21.5. The van der Waals surface area contributed by atoms with Crippen molar-refractivity contribution in [1.82, 2.24) is 4.90 Å². The number of amides is 2. The van der Waals surface area contributed by atoms with E-state index in [0.29, 0.717) is 0 Å². The largest absolute Gasteiger partial charge is 0.353 e. The van der Waals surface area contributed by atoms with Crippen LogP contribution in [0.25, 0.3) is 6.08 Å². The number of rotatable bonds is 1. The van der Waals surface area contributed by atoms with Gasteiger partial charge in [-0.25, -0.2) is 0 Å². The van der Waals surface area contributed by atoms with Gasteiger partial charge in [-0.2, -0.15) is 0 Å². The number of ketones is 1. The number of imide groups is 1. The summed E-state index contributed by atoms with van der Waals surface area (Å²) in [6, 6.07) is 4.95. The number of halogens is 1. The molecule has 0 radical (unpaired) electrons. The van der Waals surface area contributed by atoms with E-state index >= 15 is 0 Å². The van der Waals surface area contributed by atoms with Crippen molar-refractivity contribution in [3.05, 3.63) is 34.3 Å². The minimum atomic E-state index is -0.655. The van der Waals surface area contributed by atoms with Crippen molar-refractivity contribution < 1.29 is 14.4 Å². The summed E-state index contributed by atoms with van der Waals surface area (Å²) in [5, 5.41) is 0. The first-order chi connectivity index (χ1) is 13.3. The topological polar surface area (TPSA) is 57.7 Å². The highest BCUT2D eigenvalue weighted by molar-refractivity contribution is 9.10. The number of likely N-dealkylation sites (tertiary alicyclic amines) is 1. The van der Waals surface area contributed by atoms with Crippen LogP contribution in [0.5, 0.6) is 0 Å². The molecule has 4 rings (SSSR count). The van der Waals surface area contributed by atoms with Crippen molar-refractivity contribution in [1.29, 1.82) is 0 Å². The van der Waals surface area contributed by atoms with Crippen LogP contribution in [0.1, 0.15) is 47.1 Å². The number of hydrogen-bond acceptors (Lipinski definition) is 4. The number of Topliss-reactive ketones (excluding diaryl/α,β-unsaturated/α-hetero) is 1. The lowest BCUT2D eigenvalue weighted by Crippen LogP contribution is -2.54. The summed E-state index contributed by atoms with van der Waals surface area (Å²) in [6.45, 7) is 11.2. The van der Waals surface area contributed by atoms with Crippen LogP contribution in [0, 0.1) is 17.3 Å². The van der Waals surface area contributed by atoms with E-state index in [4.69, 9.17) is 0 Å². The molecular formula is C23H27BrN2O3. The Morgan fingerprint density at radius 3 is 2.21 bits per heavy atom. The van der Waals surface area contributed by atoms with Gasteiger partial charge in [0.2, 0.25) is 11.8 Å². The van der Waals surface area contributed by atoms with E-state index in [1.54, 1.807) is 0 Å². The molecule has 0 bridgehead atoms. The van der Waals surface area contributed by atoms with Crippen molar-refractivity contribution in [2.45, 2.75) is 59.2 Å². The smallest absolute Gasteiger partial charge is 0.236 e. The number of hydrogen-bond donors (Lipinski definition) is 0. The lowest BCUT2D eigenvalue weighted by atomic mass is 9.79. The predicted molar refractivity (Wildman–Crippen MR) is 116 cm³/mol. The second-order valence-electron chi connectivity index (χ2n) is 10.3. The van der Waals surface area contributed by atoms with Gasteiger partial charge in [0.05, 0.1) is 17.9 Å². The Morgan fingerprint density at radius 1 is 1.00 bits per heavy atom. The first-order valence-electron chi connectivity index (χ1n) is 10.0. The van der Waals surface area contributed by atoms with Crippen LogP contribution < -0.4 is 4.90 Å². The van der Waals surface area contributed by atoms with Crippen LogP contribution in [-0.4, -0.2) is 40.1 Å². The molecule has 2 saturated heterocycles.